The van der Waals surface area contributed by atoms with Crippen LogP contribution in [0, 0.1) is 23.7 Å². The molecule has 0 aromatic heterocycles. The fraction of sp³-hybridized carbons (Fsp3) is 0.944. The molecule has 19 heteroatoms. The van der Waals surface area contributed by atoms with E-state index in [0.29, 0.717) is 31.6 Å². The number of hydrogen-bond acceptors (Lipinski definition) is 15. The van der Waals surface area contributed by atoms with Crippen LogP contribution in [0.25, 0.3) is 0 Å². The molecular formula is C72H140O17P2. The summed E-state index contributed by atoms with van der Waals surface area (Å²) in [6.07, 6.45) is 44.7. The van der Waals surface area contributed by atoms with Gasteiger partial charge in [-0.05, 0) is 49.4 Å². The van der Waals surface area contributed by atoms with Crippen LogP contribution in [0.2, 0.25) is 0 Å². The number of rotatable bonds is 69. The SMILES string of the molecule is CCC(C)CCCCCCCCC(=O)OC[C@H](COP(=O)(O)OC[C@@H](O)COP(=O)(O)OC[C@@H](COC(=O)CCCCCCCCC(C)C)OC(=O)CCCCCCCCCCCCC(C)C)OC(=O)CCCCCCCCCCCCCCCCCCC(C)C. The number of esters is 4. The summed E-state index contributed by atoms with van der Waals surface area (Å²) in [5, 5.41) is 10.6. The largest absolute Gasteiger partial charge is 0.472 e. The van der Waals surface area contributed by atoms with Gasteiger partial charge in [-0.2, -0.15) is 0 Å². The highest BCUT2D eigenvalue weighted by Crippen LogP contribution is 2.45. The molecule has 0 aromatic carbocycles. The first kappa shape index (κ1) is 89.1. The van der Waals surface area contributed by atoms with Crippen LogP contribution in [0.5, 0.6) is 0 Å². The number of carbonyl (C=O) groups excluding carboxylic acids is 4. The van der Waals surface area contributed by atoms with Gasteiger partial charge in [0, 0.05) is 25.7 Å². The summed E-state index contributed by atoms with van der Waals surface area (Å²) in [5.74, 6) is 0.842. The molecule has 540 valence electrons. The predicted octanol–water partition coefficient (Wildman–Crippen LogP) is 20.5. The Hall–Kier alpha value is -1.94. The Balaban J connectivity index is 5.20. The molecule has 0 spiro atoms. The summed E-state index contributed by atoms with van der Waals surface area (Å²) in [6, 6.07) is 0. The van der Waals surface area contributed by atoms with Gasteiger partial charge >= 0.3 is 39.5 Å². The zero-order valence-electron chi connectivity index (χ0n) is 59.5. The van der Waals surface area contributed by atoms with E-state index >= 15 is 0 Å². The average molecular weight is 1340 g/mol. The molecule has 91 heavy (non-hydrogen) atoms. The van der Waals surface area contributed by atoms with Crippen LogP contribution < -0.4 is 0 Å². The fourth-order valence-corrected chi connectivity index (χ4v) is 12.4. The van der Waals surface area contributed by atoms with Crippen molar-refractivity contribution in [2.45, 2.75) is 375 Å². The molecule has 0 fully saturated rings. The number of hydrogen-bond donors (Lipinski definition) is 3. The first-order valence-corrected chi connectivity index (χ1v) is 40.2. The lowest BCUT2D eigenvalue weighted by Crippen LogP contribution is -2.30. The lowest BCUT2D eigenvalue weighted by molar-refractivity contribution is -0.161. The third kappa shape index (κ3) is 65.1. The van der Waals surface area contributed by atoms with Gasteiger partial charge in [0.2, 0.25) is 0 Å². The fourth-order valence-electron chi connectivity index (χ4n) is 10.8. The van der Waals surface area contributed by atoms with E-state index in [-0.39, 0.29) is 25.7 Å². The van der Waals surface area contributed by atoms with Gasteiger partial charge in [0.25, 0.3) is 0 Å². The zero-order chi connectivity index (χ0) is 67.5. The van der Waals surface area contributed by atoms with Crippen LogP contribution in [0.15, 0.2) is 0 Å². The smallest absolute Gasteiger partial charge is 0.462 e. The molecule has 0 aliphatic heterocycles. The van der Waals surface area contributed by atoms with Crippen LogP contribution in [-0.4, -0.2) is 96.7 Å². The number of ether oxygens (including phenoxy) is 4. The Morgan fingerprint density at radius 3 is 0.780 bits per heavy atom. The van der Waals surface area contributed by atoms with E-state index in [4.69, 9.17) is 37.0 Å². The van der Waals surface area contributed by atoms with Crippen LogP contribution in [-0.2, 0) is 65.4 Å². The lowest BCUT2D eigenvalue weighted by Gasteiger charge is -2.21. The number of phosphoric ester groups is 2. The minimum atomic E-state index is -4.95. The molecule has 0 heterocycles. The quantitative estimate of drug-likeness (QED) is 0.0222. The highest BCUT2D eigenvalue weighted by molar-refractivity contribution is 7.47. The topological polar surface area (TPSA) is 237 Å². The van der Waals surface area contributed by atoms with E-state index in [1.165, 1.54) is 148 Å². The van der Waals surface area contributed by atoms with Crippen molar-refractivity contribution in [3.63, 3.8) is 0 Å². The first-order chi connectivity index (χ1) is 43.6. The van der Waals surface area contributed by atoms with Gasteiger partial charge in [-0.25, -0.2) is 9.13 Å². The third-order valence-corrected chi connectivity index (χ3v) is 18.8. The average Bonchev–Trinajstić information content (AvgIpc) is 3.01. The summed E-state index contributed by atoms with van der Waals surface area (Å²) in [5.41, 5.74) is 0. The molecule has 0 aliphatic carbocycles. The highest BCUT2D eigenvalue weighted by atomic mass is 31.2. The van der Waals surface area contributed by atoms with Crippen LogP contribution in [0.4, 0.5) is 0 Å². The number of unbranched alkanes of at least 4 members (excludes halogenated alkanes) is 34. The number of carbonyl (C=O) groups is 4. The van der Waals surface area contributed by atoms with E-state index in [2.05, 4.69) is 55.4 Å². The van der Waals surface area contributed by atoms with Crippen LogP contribution in [0.3, 0.4) is 0 Å². The molecule has 0 aliphatic rings. The molecule has 6 atom stereocenters. The van der Waals surface area contributed by atoms with Gasteiger partial charge in [-0.3, -0.25) is 37.3 Å². The van der Waals surface area contributed by atoms with Crippen LogP contribution >= 0.6 is 15.6 Å². The van der Waals surface area contributed by atoms with E-state index in [0.717, 1.165) is 120 Å². The van der Waals surface area contributed by atoms with Crippen molar-refractivity contribution >= 4 is 39.5 Å². The monoisotopic (exact) mass is 1340 g/mol. The van der Waals surface area contributed by atoms with E-state index < -0.39 is 97.5 Å². The summed E-state index contributed by atoms with van der Waals surface area (Å²) >= 11 is 0. The van der Waals surface area contributed by atoms with Crippen molar-refractivity contribution in [3.8, 4) is 0 Å². The molecule has 0 bridgehead atoms. The molecule has 0 amide bonds. The molecule has 0 saturated carbocycles. The normalized spacial score (nSPS) is 14.5. The molecule has 0 aromatic rings. The van der Waals surface area contributed by atoms with E-state index in [9.17, 15) is 43.2 Å². The first-order valence-electron chi connectivity index (χ1n) is 37.2. The van der Waals surface area contributed by atoms with Crippen molar-refractivity contribution in [3.05, 3.63) is 0 Å². The van der Waals surface area contributed by atoms with Crippen molar-refractivity contribution in [2.24, 2.45) is 23.7 Å². The Morgan fingerprint density at radius 2 is 0.527 bits per heavy atom. The summed E-state index contributed by atoms with van der Waals surface area (Å²) in [6.45, 7) is 14.1. The van der Waals surface area contributed by atoms with Crippen molar-refractivity contribution in [1.82, 2.24) is 0 Å². The highest BCUT2D eigenvalue weighted by Gasteiger charge is 2.30. The number of aliphatic hydroxyl groups is 1. The molecular weight excluding hydrogens is 1200 g/mol. The molecule has 3 unspecified atom stereocenters. The van der Waals surface area contributed by atoms with Gasteiger partial charge in [0.15, 0.2) is 12.2 Å². The summed E-state index contributed by atoms with van der Waals surface area (Å²) in [4.78, 5) is 72.5. The molecule has 0 radical (unpaired) electrons. The number of phosphoric acid groups is 2. The van der Waals surface area contributed by atoms with Gasteiger partial charge in [-0.1, -0.05) is 306 Å². The summed E-state index contributed by atoms with van der Waals surface area (Å²) in [7, 11) is -9.90. The second kappa shape index (κ2) is 61.6. The van der Waals surface area contributed by atoms with Gasteiger partial charge in [0.1, 0.15) is 19.3 Å². The minimum Gasteiger partial charge on any atom is -0.462 e. The second-order valence-corrected chi connectivity index (χ2v) is 30.6. The van der Waals surface area contributed by atoms with E-state index in [1.54, 1.807) is 0 Å². The van der Waals surface area contributed by atoms with Crippen molar-refractivity contribution in [1.29, 1.82) is 0 Å². The summed E-state index contributed by atoms with van der Waals surface area (Å²) < 4.78 is 68.3. The standard InChI is InChI=1S/C72H140O17P2/c1-9-65(8)51-43-35-29-31-37-45-53-70(75)83-59-68(89-71(76)54-46-38-26-22-17-15-13-11-10-12-14-16-20-24-32-40-48-62(2)3)61-87-91(80,81)85-57-66(73)56-84-90(78,79)86-60-67(58-82-69(74)52-44-36-30-28-34-42-50-64(6)7)88-72(77)55-47-39-27-23-19-18-21-25-33-41-49-63(4)5/h62-68,73H,9-61H2,1-8H3,(H,78,79)(H,80,81)/t65?,66-,67+,68+/m0/s1. The van der Waals surface area contributed by atoms with Gasteiger partial charge in [0.05, 0.1) is 26.4 Å². The maximum atomic E-state index is 13.0. The predicted molar refractivity (Wildman–Crippen MR) is 367 cm³/mol. The van der Waals surface area contributed by atoms with Gasteiger partial charge in [-0.15, -0.1) is 0 Å². The lowest BCUT2D eigenvalue weighted by atomic mass is 10.00. The maximum Gasteiger partial charge on any atom is 0.472 e. The molecule has 0 saturated heterocycles. The Labute approximate surface area is 556 Å². The van der Waals surface area contributed by atoms with Crippen molar-refractivity contribution in [2.75, 3.05) is 39.6 Å². The third-order valence-electron chi connectivity index (χ3n) is 16.9. The Bertz CT molecular complexity index is 1800. The Morgan fingerprint density at radius 1 is 0.308 bits per heavy atom. The van der Waals surface area contributed by atoms with Crippen molar-refractivity contribution < 1.29 is 80.2 Å². The van der Waals surface area contributed by atoms with Gasteiger partial charge < -0.3 is 33.8 Å². The molecule has 3 N–H and O–H groups in total. The maximum absolute atomic E-state index is 13.0. The van der Waals surface area contributed by atoms with Crippen LogP contribution in [0.1, 0.15) is 357 Å². The molecule has 0 rings (SSSR count). The Kier molecular flexibility index (Phi) is 60.3. The molecule has 17 nitrogen and oxygen atoms in total. The number of aliphatic hydroxyl groups excluding tert-OH is 1. The zero-order valence-corrected chi connectivity index (χ0v) is 61.3. The second-order valence-electron chi connectivity index (χ2n) is 27.6. The van der Waals surface area contributed by atoms with E-state index in [1.807, 2.05) is 0 Å². The minimum absolute atomic E-state index is 0.104.